The van der Waals surface area contributed by atoms with Crippen LogP contribution in [-0.4, -0.2) is 43.6 Å². The molecule has 336 valence electrons. The van der Waals surface area contributed by atoms with Crippen LogP contribution in [-0.2, 0) is 12.0 Å². The number of nitrogens with zero attached hydrogens (tertiary/aromatic N) is 9. The second-order valence-corrected chi connectivity index (χ2v) is 17.6. The molecule has 0 radical (unpaired) electrons. The van der Waals surface area contributed by atoms with Crippen LogP contribution in [0, 0.1) is 0 Å². The topological polar surface area (TPSA) is 248 Å². The highest BCUT2D eigenvalue weighted by atomic mass is 15.1. The van der Waals surface area contributed by atoms with Crippen molar-refractivity contribution < 1.29 is 0 Å². The number of benzene rings is 3. The fourth-order valence-electron chi connectivity index (χ4n) is 9.50. The lowest BCUT2D eigenvalue weighted by Crippen LogP contribution is -2.23. The summed E-state index contributed by atoms with van der Waals surface area (Å²) in [4.78, 5) is 25.2. The first-order valence-electron chi connectivity index (χ1n) is 22.6. The Balaban J connectivity index is 0.000000144. The van der Waals surface area contributed by atoms with Crippen LogP contribution in [0.3, 0.4) is 0 Å². The Labute approximate surface area is 374 Å². The summed E-state index contributed by atoms with van der Waals surface area (Å²) in [6.45, 7) is 17.7. The highest BCUT2D eigenvalue weighted by Gasteiger charge is 2.22. The molecule has 3 aromatic carbocycles. The van der Waals surface area contributed by atoms with Crippen molar-refractivity contribution in [1.82, 2.24) is 43.6 Å². The molecular formula is C49H65N15. The summed E-state index contributed by atoms with van der Waals surface area (Å²) in [5.74, 6) is 2.00. The molecule has 6 heterocycles. The largest absolute Gasteiger partial charge is 0.383 e. The molecule has 0 saturated carbocycles. The quantitative estimate of drug-likeness (QED) is 0.0751. The van der Waals surface area contributed by atoms with E-state index in [0.29, 0.717) is 29.5 Å². The monoisotopic (exact) mass is 864 g/mol. The molecule has 0 aliphatic heterocycles. The predicted molar refractivity (Wildman–Crippen MR) is 269 cm³/mol. The molecule has 9 rings (SSSR count). The molecule has 0 aliphatic carbocycles. The summed E-state index contributed by atoms with van der Waals surface area (Å²) in [6.07, 6.45) is 13.5. The number of nitrogen functional groups attached to an aromatic ring is 6. The number of hydrogen-bond donors (Lipinski definition) is 6. The molecule has 0 amide bonds. The number of aromatic nitrogens is 9. The Hall–Kier alpha value is -6.90. The summed E-state index contributed by atoms with van der Waals surface area (Å²) >= 11 is 0. The Morgan fingerprint density at radius 2 is 0.875 bits per heavy atom. The summed E-state index contributed by atoms with van der Waals surface area (Å²) in [6, 6.07) is 19.7. The molecule has 1 atom stereocenters. The molecule has 6 aromatic heterocycles. The molecule has 64 heavy (non-hydrogen) atoms. The van der Waals surface area contributed by atoms with E-state index in [1.165, 1.54) is 55.3 Å². The van der Waals surface area contributed by atoms with Crippen LogP contribution in [0.5, 0.6) is 0 Å². The number of fused-ring (bicyclic) bond motifs is 9. The van der Waals surface area contributed by atoms with Crippen LogP contribution in [0.1, 0.15) is 118 Å². The highest BCUT2D eigenvalue weighted by molar-refractivity contribution is 6.12. The zero-order valence-corrected chi connectivity index (χ0v) is 38.7. The Kier molecular flexibility index (Phi) is 13.0. The molecule has 15 heteroatoms. The van der Waals surface area contributed by atoms with Crippen LogP contribution < -0.4 is 34.4 Å². The van der Waals surface area contributed by atoms with E-state index in [0.717, 1.165) is 67.2 Å². The van der Waals surface area contributed by atoms with Crippen LogP contribution in [0.25, 0.3) is 65.4 Å². The van der Waals surface area contributed by atoms with Crippen molar-refractivity contribution in [3.05, 3.63) is 72.7 Å². The minimum atomic E-state index is 0.00416. The summed E-state index contributed by atoms with van der Waals surface area (Å²) in [7, 11) is 0. The van der Waals surface area contributed by atoms with Crippen LogP contribution in [0.15, 0.2) is 67.0 Å². The predicted octanol–water partition coefficient (Wildman–Crippen LogP) is 10.5. The average molecular weight is 864 g/mol. The van der Waals surface area contributed by atoms with Crippen molar-refractivity contribution in [3.63, 3.8) is 0 Å². The maximum absolute atomic E-state index is 6.09. The van der Waals surface area contributed by atoms with Gasteiger partial charge in [0.05, 0.1) is 32.7 Å². The second kappa shape index (κ2) is 18.4. The Morgan fingerprint density at radius 1 is 0.484 bits per heavy atom. The van der Waals surface area contributed by atoms with Gasteiger partial charge in [-0.3, -0.25) is 0 Å². The van der Waals surface area contributed by atoms with E-state index >= 15 is 0 Å². The van der Waals surface area contributed by atoms with Crippen molar-refractivity contribution in [2.24, 2.45) is 0 Å². The SMILES string of the molecule is CCCC(CC)n1ccc2c3c(N)nc(N)nc3ccc21.CCCC(CCC)n1ccc2c3c(N)nc(N)nc3ccc21.CCc1cc2c3c(N)nc(N)nc3ccc2n1C(C)(C)C. The first-order chi connectivity index (χ1) is 30.6. The van der Waals surface area contributed by atoms with E-state index in [-0.39, 0.29) is 23.4 Å². The molecule has 1 unspecified atom stereocenters. The van der Waals surface area contributed by atoms with Gasteiger partial charge in [0.2, 0.25) is 17.8 Å². The summed E-state index contributed by atoms with van der Waals surface area (Å²) in [5.41, 5.74) is 42.5. The van der Waals surface area contributed by atoms with E-state index in [1.54, 1.807) is 0 Å². The summed E-state index contributed by atoms with van der Waals surface area (Å²) in [5, 5.41) is 5.98. The van der Waals surface area contributed by atoms with E-state index in [2.05, 4.69) is 148 Å². The van der Waals surface area contributed by atoms with Crippen molar-refractivity contribution in [2.45, 2.75) is 124 Å². The molecule has 0 aliphatic rings. The van der Waals surface area contributed by atoms with Gasteiger partial charge in [0.15, 0.2) is 0 Å². The van der Waals surface area contributed by atoms with Crippen LogP contribution >= 0.6 is 0 Å². The van der Waals surface area contributed by atoms with Gasteiger partial charge in [-0.2, -0.15) is 15.0 Å². The molecule has 9 aromatic rings. The molecule has 0 bridgehead atoms. The van der Waals surface area contributed by atoms with Gasteiger partial charge in [-0.15, -0.1) is 0 Å². The molecule has 15 nitrogen and oxygen atoms in total. The third kappa shape index (κ3) is 8.58. The Morgan fingerprint density at radius 3 is 1.27 bits per heavy atom. The second-order valence-electron chi connectivity index (χ2n) is 17.6. The van der Waals surface area contributed by atoms with Crippen LogP contribution in [0.2, 0.25) is 0 Å². The average Bonchev–Trinajstić information content (AvgIpc) is 3.98. The lowest BCUT2D eigenvalue weighted by atomic mass is 10.1. The molecule has 0 spiro atoms. The number of nitrogens with two attached hydrogens (primary N) is 6. The maximum Gasteiger partial charge on any atom is 0.222 e. The van der Waals surface area contributed by atoms with Crippen LogP contribution in [0.4, 0.5) is 35.3 Å². The van der Waals surface area contributed by atoms with Gasteiger partial charge in [-0.1, -0.05) is 53.9 Å². The van der Waals surface area contributed by atoms with E-state index in [9.17, 15) is 0 Å². The van der Waals surface area contributed by atoms with Crippen molar-refractivity contribution >= 4 is 101 Å². The van der Waals surface area contributed by atoms with Crippen molar-refractivity contribution in [2.75, 3.05) is 34.4 Å². The van der Waals surface area contributed by atoms with Gasteiger partial charge in [-0.25, -0.2) is 15.0 Å². The lowest BCUT2D eigenvalue weighted by Gasteiger charge is -2.25. The van der Waals surface area contributed by atoms with Gasteiger partial charge in [0, 0.05) is 68.4 Å². The zero-order chi connectivity index (χ0) is 46.0. The third-order valence-electron chi connectivity index (χ3n) is 12.1. The number of anilines is 6. The van der Waals surface area contributed by atoms with Gasteiger partial charge in [0.1, 0.15) is 17.5 Å². The van der Waals surface area contributed by atoms with Crippen molar-refractivity contribution in [3.8, 4) is 0 Å². The minimum absolute atomic E-state index is 0.00416. The number of rotatable bonds is 10. The smallest absolute Gasteiger partial charge is 0.222 e. The molecule has 0 saturated heterocycles. The lowest BCUT2D eigenvalue weighted by molar-refractivity contribution is 0.399. The third-order valence-corrected chi connectivity index (χ3v) is 12.1. The molecular weight excluding hydrogens is 799 g/mol. The fraction of sp³-hybridized carbons (Fsp3) is 0.388. The first kappa shape index (κ1) is 45.1. The van der Waals surface area contributed by atoms with Gasteiger partial charge >= 0.3 is 0 Å². The first-order valence-corrected chi connectivity index (χ1v) is 22.6. The standard InChI is InChI=1S/C17H23N5.2C16H21N5/c1-3-5-11(6-4-2)22-10-9-12-14(22)8-7-13-15(12)16(18)21-17(19)20-13;1-5-9-8-10-12(21(9)16(2,3)4)7-6-11-13(10)14(17)20-15(18)19-11;1-3-5-10(4-2)21-9-8-11-13(21)7-6-12-14(11)15(17)20-16(18)19-12/h7-11H,3-6H2,1-2H3,(H4,18,19,20,21);6-8H,5H2,1-4H3,(H4,17,18,19,20);6-10H,3-5H2,1-2H3,(H4,17,18,19,20). The van der Waals surface area contributed by atoms with E-state index < -0.39 is 0 Å². The fourth-order valence-corrected chi connectivity index (χ4v) is 9.50. The van der Waals surface area contributed by atoms with E-state index in [4.69, 9.17) is 34.4 Å². The van der Waals surface area contributed by atoms with E-state index in [1.807, 2.05) is 18.2 Å². The minimum Gasteiger partial charge on any atom is -0.383 e. The molecule has 0 fully saturated rings. The maximum atomic E-state index is 6.09. The van der Waals surface area contributed by atoms with Crippen molar-refractivity contribution in [1.29, 1.82) is 0 Å². The van der Waals surface area contributed by atoms with Gasteiger partial charge < -0.3 is 48.1 Å². The van der Waals surface area contributed by atoms with Gasteiger partial charge in [0.25, 0.3) is 0 Å². The highest BCUT2D eigenvalue weighted by Crippen LogP contribution is 2.36. The Bertz CT molecular complexity index is 3090. The number of hydrogen-bond acceptors (Lipinski definition) is 12. The van der Waals surface area contributed by atoms with Gasteiger partial charge in [-0.05, 0) is 107 Å². The normalized spacial score (nSPS) is 12.4. The molecule has 12 N–H and O–H groups in total. The number of aryl methyl sites for hydroxylation is 1. The zero-order valence-electron chi connectivity index (χ0n) is 38.7. The summed E-state index contributed by atoms with van der Waals surface area (Å²) < 4.78 is 7.07.